The molecule has 0 heterocycles. The van der Waals surface area contributed by atoms with E-state index in [1.54, 1.807) is 25.3 Å². The molecule has 0 aromatic heterocycles. The molecule has 2 rings (SSSR count). The van der Waals surface area contributed by atoms with Crippen molar-refractivity contribution in [1.82, 2.24) is 0 Å². The van der Waals surface area contributed by atoms with Crippen molar-refractivity contribution >= 4 is 5.97 Å². The van der Waals surface area contributed by atoms with E-state index >= 15 is 0 Å². The maximum atomic E-state index is 11.8. The van der Waals surface area contributed by atoms with Crippen molar-refractivity contribution < 1.29 is 19.0 Å². The van der Waals surface area contributed by atoms with Crippen molar-refractivity contribution in [3.8, 4) is 17.2 Å². The highest BCUT2D eigenvalue weighted by molar-refractivity contribution is 5.73. The van der Waals surface area contributed by atoms with Crippen molar-refractivity contribution in [2.24, 2.45) is 0 Å². The van der Waals surface area contributed by atoms with Crippen LogP contribution in [0.1, 0.15) is 17.5 Å². The first kappa shape index (κ1) is 15.9. The van der Waals surface area contributed by atoms with Gasteiger partial charge in [0.15, 0.2) is 0 Å². The lowest BCUT2D eigenvalue weighted by atomic mass is 10.1. The predicted octanol–water partition coefficient (Wildman–Crippen LogP) is 3.69. The highest BCUT2D eigenvalue weighted by Crippen LogP contribution is 2.21. The van der Waals surface area contributed by atoms with Crippen molar-refractivity contribution in [2.45, 2.75) is 20.3 Å². The van der Waals surface area contributed by atoms with Crippen LogP contribution in [0.25, 0.3) is 0 Å². The molecule has 0 atom stereocenters. The van der Waals surface area contributed by atoms with Crippen LogP contribution >= 0.6 is 0 Å². The molecule has 0 aliphatic rings. The number of esters is 1. The van der Waals surface area contributed by atoms with Gasteiger partial charge in [0, 0.05) is 0 Å². The molecule has 0 fully saturated rings. The Hall–Kier alpha value is -2.49. The molecule has 0 saturated heterocycles. The minimum absolute atomic E-state index is 0.194. The average molecular weight is 300 g/mol. The summed E-state index contributed by atoms with van der Waals surface area (Å²) in [6.45, 7) is 4.20. The van der Waals surface area contributed by atoms with E-state index in [0.717, 1.165) is 16.9 Å². The van der Waals surface area contributed by atoms with Crippen LogP contribution < -0.4 is 14.2 Å². The van der Waals surface area contributed by atoms with Gasteiger partial charge < -0.3 is 14.2 Å². The molecule has 4 heteroatoms. The van der Waals surface area contributed by atoms with E-state index in [0.29, 0.717) is 11.5 Å². The van der Waals surface area contributed by atoms with Gasteiger partial charge >= 0.3 is 5.97 Å². The van der Waals surface area contributed by atoms with Crippen LogP contribution in [-0.2, 0) is 4.79 Å². The monoisotopic (exact) mass is 300 g/mol. The number of hydrogen-bond acceptors (Lipinski definition) is 4. The normalized spacial score (nSPS) is 10.1. The number of methoxy groups -OCH3 is 1. The second kappa shape index (κ2) is 7.50. The lowest BCUT2D eigenvalue weighted by Crippen LogP contribution is -2.13. The highest BCUT2D eigenvalue weighted by Gasteiger charge is 2.08. The summed E-state index contributed by atoms with van der Waals surface area (Å²) in [6, 6.07) is 12.9. The Morgan fingerprint density at radius 2 is 1.68 bits per heavy atom. The van der Waals surface area contributed by atoms with Gasteiger partial charge in [-0.2, -0.15) is 0 Å². The summed E-state index contributed by atoms with van der Waals surface area (Å²) < 4.78 is 15.9. The highest BCUT2D eigenvalue weighted by atomic mass is 16.5. The Kier molecular flexibility index (Phi) is 5.42. The molecular weight excluding hydrogens is 280 g/mol. The lowest BCUT2D eigenvalue weighted by molar-refractivity contribution is -0.134. The van der Waals surface area contributed by atoms with Gasteiger partial charge in [0.2, 0.25) is 0 Å². The molecule has 116 valence electrons. The zero-order valence-corrected chi connectivity index (χ0v) is 13.1. The Labute approximate surface area is 130 Å². The van der Waals surface area contributed by atoms with Gasteiger partial charge in [-0.1, -0.05) is 12.1 Å². The number of hydrogen-bond donors (Lipinski definition) is 0. The number of carbonyl (C=O) groups is 1. The molecule has 2 aromatic rings. The average Bonchev–Trinajstić information content (AvgIpc) is 2.52. The first-order chi connectivity index (χ1) is 10.6. The van der Waals surface area contributed by atoms with Gasteiger partial charge in [0.25, 0.3) is 0 Å². The molecule has 2 aromatic carbocycles. The number of aryl methyl sites for hydroxylation is 1. The van der Waals surface area contributed by atoms with Gasteiger partial charge in [0.1, 0.15) is 17.2 Å². The number of ether oxygens (including phenoxy) is 3. The third-order valence-electron chi connectivity index (χ3n) is 3.41. The van der Waals surface area contributed by atoms with Crippen molar-refractivity contribution in [3.05, 3.63) is 53.6 Å². The molecule has 0 saturated carbocycles. The van der Waals surface area contributed by atoms with Crippen LogP contribution in [0.15, 0.2) is 42.5 Å². The van der Waals surface area contributed by atoms with Gasteiger partial charge in [-0.3, -0.25) is 4.79 Å². The molecule has 22 heavy (non-hydrogen) atoms. The van der Waals surface area contributed by atoms with Gasteiger partial charge in [-0.05, 0) is 55.3 Å². The van der Waals surface area contributed by atoms with E-state index in [-0.39, 0.29) is 19.0 Å². The summed E-state index contributed by atoms with van der Waals surface area (Å²) in [5.41, 5.74) is 2.08. The molecule has 0 spiro atoms. The fraction of sp³-hybridized carbons (Fsp3) is 0.278. The Morgan fingerprint density at radius 1 is 1.00 bits per heavy atom. The molecule has 0 aliphatic carbocycles. The first-order valence-corrected chi connectivity index (χ1v) is 7.14. The minimum atomic E-state index is -0.304. The minimum Gasteiger partial charge on any atom is -0.497 e. The maximum absolute atomic E-state index is 11.8. The predicted molar refractivity (Wildman–Crippen MR) is 84.7 cm³/mol. The standard InChI is InChI=1S/C18H20O4/c1-13-5-4-6-17(14(13)2)22-18(19)11-12-21-16-9-7-15(20-3)8-10-16/h4-10H,11-12H2,1-3H3. The molecule has 0 aliphatic heterocycles. The number of carbonyl (C=O) groups excluding carboxylic acids is 1. The van der Waals surface area contributed by atoms with Crippen LogP contribution in [0.4, 0.5) is 0 Å². The van der Waals surface area contributed by atoms with Gasteiger partial charge in [-0.15, -0.1) is 0 Å². The summed E-state index contributed by atoms with van der Waals surface area (Å²) in [7, 11) is 1.61. The Balaban J connectivity index is 1.81. The van der Waals surface area contributed by atoms with E-state index in [1.165, 1.54) is 0 Å². The number of benzene rings is 2. The zero-order valence-electron chi connectivity index (χ0n) is 13.1. The summed E-state index contributed by atoms with van der Waals surface area (Å²) in [5, 5.41) is 0. The van der Waals surface area contributed by atoms with Crippen molar-refractivity contribution in [3.63, 3.8) is 0 Å². The fourth-order valence-corrected chi connectivity index (χ4v) is 1.93. The fourth-order valence-electron chi connectivity index (χ4n) is 1.93. The third-order valence-corrected chi connectivity index (χ3v) is 3.41. The van der Waals surface area contributed by atoms with Gasteiger partial charge in [0.05, 0.1) is 20.1 Å². The number of rotatable bonds is 6. The quantitative estimate of drug-likeness (QED) is 0.603. The van der Waals surface area contributed by atoms with Crippen LogP contribution in [0.3, 0.4) is 0 Å². The van der Waals surface area contributed by atoms with E-state index < -0.39 is 0 Å². The van der Waals surface area contributed by atoms with Crippen LogP contribution in [0, 0.1) is 13.8 Å². The maximum Gasteiger partial charge on any atom is 0.314 e. The Morgan fingerprint density at radius 3 is 2.36 bits per heavy atom. The van der Waals surface area contributed by atoms with Crippen molar-refractivity contribution in [2.75, 3.05) is 13.7 Å². The third kappa shape index (κ3) is 4.25. The molecule has 0 radical (unpaired) electrons. The van der Waals surface area contributed by atoms with Crippen LogP contribution in [0.2, 0.25) is 0 Å². The summed E-state index contributed by atoms with van der Waals surface area (Å²) in [5.74, 6) is 1.76. The molecule has 0 amide bonds. The zero-order chi connectivity index (χ0) is 15.9. The van der Waals surface area contributed by atoms with Gasteiger partial charge in [-0.25, -0.2) is 0 Å². The summed E-state index contributed by atoms with van der Waals surface area (Å²) in [6.07, 6.45) is 0.194. The SMILES string of the molecule is COc1ccc(OCCC(=O)Oc2cccc(C)c2C)cc1. The Bertz CT molecular complexity index is 632. The molecule has 0 N–H and O–H groups in total. The van der Waals surface area contributed by atoms with Crippen LogP contribution in [-0.4, -0.2) is 19.7 Å². The molecule has 0 unspecified atom stereocenters. The second-order valence-corrected chi connectivity index (χ2v) is 4.95. The van der Waals surface area contributed by atoms with Crippen LogP contribution in [0.5, 0.6) is 17.2 Å². The first-order valence-electron chi connectivity index (χ1n) is 7.14. The molecule has 4 nitrogen and oxygen atoms in total. The van der Waals surface area contributed by atoms with E-state index in [9.17, 15) is 4.79 Å². The summed E-state index contributed by atoms with van der Waals surface area (Å²) in [4.78, 5) is 11.8. The topological polar surface area (TPSA) is 44.8 Å². The van der Waals surface area contributed by atoms with E-state index in [4.69, 9.17) is 14.2 Å². The molecular formula is C18H20O4. The van der Waals surface area contributed by atoms with Crippen molar-refractivity contribution in [1.29, 1.82) is 0 Å². The van der Waals surface area contributed by atoms with E-state index in [2.05, 4.69) is 0 Å². The largest absolute Gasteiger partial charge is 0.497 e. The molecule has 0 bridgehead atoms. The second-order valence-electron chi connectivity index (χ2n) is 4.95. The summed E-state index contributed by atoms with van der Waals surface area (Å²) >= 11 is 0. The lowest BCUT2D eigenvalue weighted by Gasteiger charge is -2.10. The van der Waals surface area contributed by atoms with E-state index in [1.807, 2.05) is 38.1 Å². The smallest absolute Gasteiger partial charge is 0.314 e.